The molecule has 0 aliphatic carbocycles. The number of thioether (sulfide) groups is 1. The smallest absolute Gasteiger partial charge is 0.266 e. The van der Waals surface area contributed by atoms with Crippen molar-refractivity contribution in [1.29, 1.82) is 0 Å². The molecule has 2 aromatic carbocycles. The van der Waals surface area contributed by atoms with Crippen LogP contribution in [0.2, 0.25) is 0 Å². The Kier molecular flexibility index (Phi) is 6.44. The quantitative estimate of drug-likeness (QED) is 0.345. The van der Waals surface area contributed by atoms with Crippen LogP contribution in [0.15, 0.2) is 70.2 Å². The summed E-state index contributed by atoms with van der Waals surface area (Å²) < 4.78 is 17.3. The molecule has 1 aliphatic heterocycles. The Balaban J connectivity index is 1.48. The first-order valence-corrected chi connectivity index (χ1v) is 10.9. The summed E-state index contributed by atoms with van der Waals surface area (Å²) in [6.45, 7) is 2.82. The molecule has 0 saturated carbocycles. The summed E-state index contributed by atoms with van der Waals surface area (Å²) in [5.41, 5.74) is 3.12. The van der Waals surface area contributed by atoms with Crippen LogP contribution >= 0.6 is 24.0 Å². The summed E-state index contributed by atoms with van der Waals surface area (Å²) in [4.78, 5) is 14.9. The monoisotopic (exact) mass is 451 g/mol. The molecule has 31 heavy (non-hydrogen) atoms. The van der Waals surface area contributed by atoms with Crippen LogP contribution in [0, 0.1) is 6.92 Å². The van der Waals surface area contributed by atoms with Crippen LogP contribution in [0.5, 0.6) is 11.5 Å². The van der Waals surface area contributed by atoms with E-state index >= 15 is 0 Å². The molecule has 4 rings (SSSR count). The molecule has 1 fully saturated rings. The van der Waals surface area contributed by atoms with E-state index in [-0.39, 0.29) is 5.91 Å². The Hall–Kier alpha value is -3.03. The zero-order valence-electron chi connectivity index (χ0n) is 17.2. The number of furan rings is 1. The van der Waals surface area contributed by atoms with Gasteiger partial charge in [-0.25, -0.2) is 0 Å². The summed E-state index contributed by atoms with van der Waals surface area (Å²) in [7, 11) is 1.60. The largest absolute Gasteiger partial charge is 0.493 e. The first-order valence-electron chi connectivity index (χ1n) is 9.67. The summed E-state index contributed by atoms with van der Waals surface area (Å²) in [6, 6.07) is 17.4. The lowest BCUT2D eigenvalue weighted by atomic mass is 10.1. The molecule has 5 nitrogen and oxygen atoms in total. The van der Waals surface area contributed by atoms with Gasteiger partial charge in [0.25, 0.3) is 5.91 Å². The van der Waals surface area contributed by atoms with E-state index in [0.717, 1.165) is 11.1 Å². The van der Waals surface area contributed by atoms with Gasteiger partial charge in [-0.2, -0.15) is 0 Å². The third-order valence-electron chi connectivity index (χ3n) is 4.77. The number of aryl methyl sites for hydroxylation is 1. The Morgan fingerprint density at radius 3 is 2.65 bits per heavy atom. The number of carbonyl (C=O) groups is 1. The molecule has 1 aliphatic rings. The second kappa shape index (κ2) is 9.41. The molecule has 0 atom stereocenters. The number of ether oxygens (including phenoxy) is 2. The average Bonchev–Trinajstić information content (AvgIpc) is 3.38. The van der Waals surface area contributed by atoms with Crippen LogP contribution in [0.25, 0.3) is 6.08 Å². The van der Waals surface area contributed by atoms with E-state index in [1.807, 2.05) is 42.5 Å². The zero-order valence-corrected chi connectivity index (χ0v) is 18.8. The molecule has 1 aromatic heterocycles. The second-order valence-electron chi connectivity index (χ2n) is 7.03. The summed E-state index contributed by atoms with van der Waals surface area (Å²) in [6.07, 6.45) is 3.39. The normalized spacial score (nSPS) is 15.0. The first kappa shape index (κ1) is 21.2. The predicted molar refractivity (Wildman–Crippen MR) is 126 cm³/mol. The Morgan fingerprint density at radius 2 is 1.94 bits per heavy atom. The van der Waals surface area contributed by atoms with E-state index < -0.39 is 0 Å². The molecule has 1 amide bonds. The van der Waals surface area contributed by atoms with Crippen molar-refractivity contribution in [2.24, 2.45) is 0 Å². The molecule has 0 spiro atoms. The van der Waals surface area contributed by atoms with E-state index in [1.54, 1.807) is 24.3 Å². The van der Waals surface area contributed by atoms with Crippen LogP contribution in [-0.4, -0.2) is 22.2 Å². The highest BCUT2D eigenvalue weighted by atomic mass is 32.2. The van der Waals surface area contributed by atoms with Gasteiger partial charge in [-0.1, -0.05) is 59.9 Å². The van der Waals surface area contributed by atoms with Gasteiger partial charge in [0.2, 0.25) is 0 Å². The number of nitrogens with zero attached hydrogens (tertiary/aromatic N) is 1. The van der Waals surface area contributed by atoms with Crippen molar-refractivity contribution in [1.82, 2.24) is 4.90 Å². The van der Waals surface area contributed by atoms with E-state index in [4.69, 9.17) is 26.1 Å². The lowest BCUT2D eigenvalue weighted by molar-refractivity contribution is -0.122. The molecule has 2 heterocycles. The van der Waals surface area contributed by atoms with E-state index in [9.17, 15) is 4.79 Å². The maximum absolute atomic E-state index is 12.8. The van der Waals surface area contributed by atoms with Crippen molar-refractivity contribution in [2.75, 3.05) is 7.11 Å². The SMILES string of the molecule is COc1cc(C=C2SC(=S)N(Cc3ccco3)C2=O)ccc1OCc1ccc(C)cc1. The minimum Gasteiger partial charge on any atom is -0.493 e. The first-order chi connectivity index (χ1) is 15.0. The fraction of sp³-hybridized carbons (Fsp3) is 0.167. The van der Waals surface area contributed by atoms with E-state index in [0.29, 0.717) is 39.6 Å². The minimum absolute atomic E-state index is 0.134. The maximum atomic E-state index is 12.8. The van der Waals surface area contributed by atoms with Crippen LogP contribution in [0.1, 0.15) is 22.5 Å². The number of rotatable bonds is 7. The Morgan fingerprint density at radius 1 is 1.13 bits per heavy atom. The minimum atomic E-state index is -0.134. The van der Waals surface area contributed by atoms with E-state index in [2.05, 4.69) is 19.1 Å². The molecular weight excluding hydrogens is 430 g/mol. The number of methoxy groups -OCH3 is 1. The lowest BCUT2D eigenvalue weighted by Gasteiger charge is -2.12. The predicted octanol–water partition coefficient (Wildman–Crippen LogP) is 5.58. The van der Waals surface area contributed by atoms with Crippen molar-refractivity contribution in [2.45, 2.75) is 20.1 Å². The summed E-state index contributed by atoms with van der Waals surface area (Å²) in [5, 5.41) is 0. The third kappa shape index (κ3) is 5.00. The topological polar surface area (TPSA) is 51.9 Å². The van der Waals surface area contributed by atoms with Crippen LogP contribution in [0.3, 0.4) is 0 Å². The van der Waals surface area contributed by atoms with Crippen molar-refractivity contribution >= 4 is 40.3 Å². The van der Waals surface area contributed by atoms with Crippen LogP contribution < -0.4 is 9.47 Å². The lowest BCUT2D eigenvalue weighted by Crippen LogP contribution is -2.27. The summed E-state index contributed by atoms with van der Waals surface area (Å²) in [5.74, 6) is 1.80. The van der Waals surface area contributed by atoms with Crippen molar-refractivity contribution < 1.29 is 18.7 Å². The standard InChI is InChI=1S/C24H21NO4S2/c1-16-5-7-17(8-6-16)15-29-20-10-9-18(12-21(20)27-2)13-22-23(26)25(24(30)31-22)14-19-4-3-11-28-19/h3-13H,14-15H2,1-2H3. The van der Waals surface area contributed by atoms with Gasteiger partial charge < -0.3 is 13.9 Å². The highest BCUT2D eigenvalue weighted by Gasteiger charge is 2.32. The molecule has 7 heteroatoms. The van der Waals surface area contributed by atoms with Crippen molar-refractivity contribution in [3.8, 4) is 11.5 Å². The fourth-order valence-corrected chi connectivity index (χ4v) is 4.34. The van der Waals surface area contributed by atoms with E-state index in [1.165, 1.54) is 17.3 Å². The number of thiocarbonyl (C=S) groups is 1. The number of carbonyl (C=O) groups excluding carboxylic acids is 1. The van der Waals surface area contributed by atoms with Gasteiger partial charge in [-0.05, 0) is 48.4 Å². The highest BCUT2D eigenvalue weighted by Crippen LogP contribution is 2.35. The Labute approximate surface area is 190 Å². The summed E-state index contributed by atoms with van der Waals surface area (Å²) >= 11 is 6.66. The molecule has 0 radical (unpaired) electrons. The third-order valence-corrected chi connectivity index (χ3v) is 6.15. The van der Waals surface area contributed by atoms with Gasteiger partial charge in [0.1, 0.15) is 16.7 Å². The Bertz CT molecular complexity index is 1120. The number of amides is 1. The maximum Gasteiger partial charge on any atom is 0.266 e. The van der Waals surface area contributed by atoms with Crippen LogP contribution in [-0.2, 0) is 17.9 Å². The highest BCUT2D eigenvalue weighted by molar-refractivity contribution is 8.26. The number of hydrogen-bond donors (Lipinski definition) is 0. The van der Waals surface area contributed by atoms with Gasteiger partial charge in [0.15, 0.2) is 11.5 Å². The molecule has 158 valence electrons. The molecule has 0 bridgehead atoms. The van der Waals surface area contributed by atoms with Crippen molar-refractivity contribution in [3.63, 3.8) is 0 Å². The second-order valence-corrected chi connectivity index (χ2v) is 8.71. The fourth-order valence-electron chi connectivity index (χ4n) is 3.08. The van der Waals surface area contributed by atoms with Gasteiger partial charge in [0, 0.05) is 0 Å². The molecule has 0 unspecified atom stereocenters. The van der Waals surface area contributed by atoms with Crippen molar-refractivity contribution in [3.05, 3.63) is 88.2 Å². The molecular formula is C24H21NO4S2. The van der Waals surface area contributed by atoms with Gasteiger partial charge in [-0.3, -0.25) is 9.69 Å². The number of benzene rings is 2. The van der Waals surface area contributed by atoms with Gasteiger partial charge in [-0.15, -0.1) is 0 Å². The molecule has 1 saturated heterocycles. The zero-order chi connectivity index (χ0) is 21.8. The molecule has 3 aromatic rings. The average molecular weight is 452 g/mol. The van der Waals surface area contributed by atoms with Crippen LogP contribution in [0.4, 0.5) is 0 Å². The van der Waals surface area contributed by atoms with Gasteiger partial charge >= 0.3 is 0 Å². The van der Waals surface area contributed by atoms with Gasteiger partial charge in [0.05, 0.1) is 24.8 Å². The molecule has 0 N–H and O–H groups in total. The number of hydrogen-bond acceptors (Lipinski definition) is 6.